The number of carbonyl (C=O) groups excluding carboxylic acids is 1. The van der Waals surface area contributed by atoms with E-state index >= 15 is 0 Å². The van der Waals surface area contributed by atoms with E-state index in [-0.39, 0.29) is 12.4 Å². The molecule has 0 bridgehead atoms. The number of piperazine rings is 1. The Balaban J connectivity index is 0.00000320. The number of anilines is 1. The molecule has 0 radical (unpaired) electrons. The first kappa shape index (κ1) is 24.4. The van der Waals surface area contributed by atoms with Crippen molar-refractivity contribution >= 4 is 47.4 Å². The van der Waals surface area contributed by atoms with Gasteiger partial charge in [0.25, 0.3) is 0 Å². The summed E-state index contributed by atoms with van der Waals surface area (Å²) in [7, 11) is 3.17. The van der Waals surface area contributed by atoms with Crippen LogP contribution in [0.3, 0.4) is 0 Å². The number of halogens is 3. The summed E-state index contributed by atoms with van der Waals surface area (Å²) in [6.07, 6.45) is -0.557. The second-order valence-electron chi connectivity index (χ2n) is 6.99. The van der Waals surface area contributed by atoms with Crippen LogP contribution in [0.15, 0.2) is 48.5 Å². The fraction of sp³-hybridized carbons (Fsp3) is 0.381. The average molecular weight is 475 g/mol. The number of alkyl halides is 1. The van der Waals surface area contributed by atoms with Crippen LogP contribution in [0, 0.1) is 0 Å². The number of hydrogen-bond acceptors (Lipinski definition) is 5. The summed E-state index contributed by atoms with van der Waals surface area (Å²) < 4.78 is 10.7. The molecule has 1 unspecified atom stereocenters. The molecule has 164 valence electrons. The van der Waals surface area contributed by atoms with E-state index in [1.165, 1.54) is 4.90 Å². The molecule has 1 heterocycles. The van der Waals surface area contributed by atoms with Crippen molar-refractivity contribution in [2.45, 2.75) is 12.3 Å². The summed E-state index contributed by atoms with van der Waals surface area (Å²) in [5.74, 6) is -0.587. The van der Waals surface area contributed by atoms with Crippen LogP contribution in [-0.4, -0.2) is 61.9 Å². The Labute approximate surface area is 193 Å². The van der Waals surface area contributed by atoms with Gasteiger partial charge in [-0.3, -0.25) is 4.90 Å². The Kier molecular flexibility index (Phi) is 9.37. The quantitative estimate of drug-likeness (QED) is 0.449. The lowest BCUT2D eigenvalue weighted by molar-refractivity contribution is 0.0124. The fourth-order valence-corrected chi connectivity index (χ4v) is 3.58. The normalized spacial score (nSPS) is 15.1. The van der Waals surface area contributed by atoms with E-state index in [0.29, 0.717) is 5.75 Å². The second kappa shape index (κ2) is 11.5. The Morgan fingerprint density at radius 3 is 2.37 bits per heavy atom. The Morgan fingerprint density at radius 2 is 1.70 bits per heavy atom. The number of carbonyl (C=O) groups is 1. The van der Waals surface area contributed by atoms with Crippen molar-refractivity contribution < 1.29 is 14.3 Å². The van der Waals surface area contributed by atoms with Gasteiger partial charge in [0.2, 0.25) is 0 Å². The molecule has 30 heavy (non-hydrogen) atoms. The van der Waals surface area contributed by atoms with Crippen LogP contribution in [0.5, 0.6) is 5.75 Å². The smallest absolute Gasteiger partial charge is 0.413 e. The van der Waals surface area contributed by atoms with Gasteiger partial charge in [-0.25, -0.2) is 4.79 Å². The first-order valence-electron chi connectivity index (χ1n) is 9.42. The molecule has 1 fully saturated rings. The highest BCUT2D eigenvalue weighted by molar-refractivity contribution is 6.33. The Hall–Kier alpha value is -1.86. The number of ether oxygens (including phenoxy) is 2. The van der Waals surface area contributed by atoms with E-state index < -0.39 is 11.8 Å². The lowest BCUT2D eigenvalue weighted by atomic mass is 10.1. The number of amides is 1. The molecule has 2 aromatic rings. The van der Waals surface area contributed by atoms with E-state index in [2.05, 4.69) is 15.9 Å². The largest absolute Gasteiger partial charge is 0.441 e. The summed E-state index contributed by atoms with van der Waals surface area (Å²) in [6.45, 7) is 4.31. The average Bonchev–Trinajstić information content (AvgIpc) is 2.70. The zero-order valence-corrected chi connectivity index (χ0v) is 19.3. The lowest BCUT2D eigenvalue weighted by Crippen LogP contribution is -2.46. The summed E-state index contributed by atoms with van der Waals surface area (Å²) in [4.78, 5) is 17.6. The standard InChI is InChI=1S/C21H25Cl2N3O3.ClH/c1-24(2)21(27)29-20(23)28-19-10-6-3-7-16(19)15-25-11-13-26(14-12-25)18-9-5-4-8-17(18)22;/h3-10,20H,11-15H2,1-2H3;1H. The molecule has 1 aliphatic rings. The lowest BCUT2D eigenvalue weighted by Gasteiger charge is -2.36. The van der Waals surface area contributed by atoms with Gasteiger partial charge in [0.15, 0.2) is 0 Å². The van der Waals surface area contributed by atoms with Crippen molar-refractivity contribution in [3.63, 3.8) is 0 Å². The summed E-state index contributed by atoms with van der Waals surface area (Å²) >= 11 is 12.4. The number of benzene rings is 2. The molecule has 0 N–H and O–H groups in total. The minimum Gasteiger partial charge on any atom is -0.441 e. The van der Waals surface area contributed by atoms with Gasteiger partial charge in [-0.05, 0) is 29.8 Å². The van der Waals surface area contributed by atoms with Crippen molar-refractivity contribution in [2.75, 3.05) is 45.2 Å². The SMILES string of the molecule is CN(C)C(=O)OC(Cl)Oc1ccccc1CN1CCN(c2ccccc2Cl)CC1.Cl. The highest BCUT2D eigenvalue weighted by Gasteiger charge is 2.21. The maximum atomic E-state index is 11.6. The highest BCUT2D eigenvalue weighted by atomic mass is 35.5. The topological polar surface area (TPSA) is 45.3 Å². The van der Waals surface area contributed by atoms with Crippen LogP contribution < -0.4 is 9.64 Å². The summed E-state index contributed by atoms with van der Waals surface area (Å²) in [5, 5.41) is 0.778. The molecule has 0 aliphatic carbocycles. The third-order valence-electron chi connectivity index (χ3n) is 4.71. The molecule has 3 rings (SSSR count). The molecular formula is C21H26Cl3N3O3. The minimum absolute atomic E-state index is 0. The van der Waals surface area contributed by atoms with Gasteiger partial charge in [0.05, 0.1) is 10.7 Å². The highest BCUT2D eigenvalue weighted by Crippen LogP contribution is 2.27. The van der Waals surface area contributed by atoms with Crippen LogP contribution in [0.25, 0.3) is 0 Å². The zero-order chi connectivity index (χ0) is 20.8. The van der Waals surface area contributed by atoms with E-state index in [0.717, 1.165) is 49.0 Å². The third-order valence-corrected chi connectivity index (χ3v) is 5.21. The van der Waals surface area contributed by atoms with E-state index in [9.17, 15) is 4.79 Å². The van der Waals surface area contributed by atoms with Crippen molar-refractivity contribution in [2.24, 2.45) is 0 Å². The molecule has 6 nitrogen and oxygen atoms in total. The summed E-state index contributed by atoms with van der Waals surface area (Å²) in [6, 6.07) is 15.6. The second-order valence-corrected chi connectivity index (χ2v) is 7.76. The third kappa shape index (κ3) is 6.57. The van der Waals surface area contributed by atoms with Crippen LogP contribution >= 0.6 is 35.6 Å². The van der Waals surface area contributed by atoms with Crippen LogP contribution in [-0.2, 0) is 11.3 Å². The predicted molar refractivity (Wildman–Crippen MR) is 123 cm³/mol. The predicted octanol–water partition coefficient (Wildman–Crippen LogP) is 4.68. The van der Waals surface area contributed by atoms with Crippen molar-refractivity contribution in [1.29, 1.82) is 0 Å². The molecule has 2 aromatic carbocycles. The Morgan fingerprint density at radius 1 is 1.07 bits per heavy atom. The molecule has 1 aliphatic heterocycles. The van der Waals surface area contributed by atoms with Crippen molar-refractivity contribution in [3.05, 3.63) is 59.1 Å². The Bertz CT molecular complexity index is 830. The van der Waals surface area contributed by atoms with Crippen molar-refractivity contribution in [1.82, 2.24) is 9.80 Å². The summed E-state index contributed by atoms with van der Waals surface area (Å²) in [5.41, 5.74) is 2.07. The van der Waals surface area contributed by atoms with Gasteiger partial charge < -0.3 is 19.3 Å². The van der Waals surface area contributed by atoms with Crippen LogP contribution in [0.1, 0.15) is 5.56 Å². The van der Waals surface area contributed by atoms with Gasteiger partial charge >= 0.3 is 11.8 Å². The van der Waals surface area contributed by atoms with Gasteiger partial charge in [0.1, 0.15) is 5.75 Å². The molecular weight excluding hydrogens is 449 g/mol. The van der Waals surface area contributed by atoms with Gasteiger partial charge in [0, 0.05) is 52.4 Å². The van der Waals surface area contributed by atoms with E-state index in [1.807, 2.05) is 42.5 Å². The number of nitrogens with zero attached hydrogens (tertiary/aromatic N) is 3. The number of para-hydroxylation sites is 2. The van der Waals surface area contributed by atoms with Gasteiger partial charge in [-0.15, -0.1) is 12.4 Å². The molecule has 1 amide bonds. The number of hydrogen-bond donors (Lipinski definition) is 0. The van der Waals surface area contributed by atoms with E-state index in [1.54, 1.807) is 14.1 Å². The molecule has 1 atom stereocenters. The molecule has 0 saturated carbocycles. The number of rotatable bonds is 6. The van der Waals surface area contributed by atoms with E-state index in [4.69, 9.17) is 32.7 Å². The molecule has 0 aromatic heterocycles. The zero-order valence-electron chi connectivity index (χ0n) is 17.0. The van der Waals surface area contributed by atoms with Gasteiger partial charge in [-0.1, -0.05) is 41.9 Å². The van der Waals surface area contributed by atoms with Crippen LogP contribution in [0.4, 0.5) is 10.5 Å². The first-order chi connectivity index (χ1) is 13.9. The maximum absolute atomic E-state index is 11.6. The monoisotopic (exact) mass is 473 g/mol. The molecule has 1 saturated heterocycles. The fourth-order valence-electron chi connectivity index (χ4n) is 3.15. The van der Waals surface area contributed by atoms with Gasteiger partial charge in [-0.2, -0.15) is 0 Å². The van der Waals surface area contributed by atoms with Crippen LogP contribution in [0.2, 0.25) is 5.02 Å². The first-order valence-corrected chi connectivity index (χ1v) is 10.2. The van der Waals surface area contributed by atoms with Crippen molar-refractivity contribution in [3.8, 4) is 5.75 Å². The molecule has 0 spiro atoms. The molecule has 9 heteroatoms. The minimum atomic E-state index is -1.19. The maximum Gasteiger partial charge on any atom is 0.413 e.